The van der Waals surface area contributed by atoms with Crippen LogP contribution >= 0.6 is 0 Å². The Balaban J connectivity index is 2.22. The van der Waals surface area contributed by atoms with Crippen LogP contribution in [0.15, 0.2) is 46.6 Å². The number of anilines is 1. The third-order valence-corrected chi connectivity index (χ3v) is 2.95. The van der Waals surface area contributed by atoms with Crippen molar-refractivity contribution in [1.29, 1.82) is 0 Å². The van der Waals surface area contributed by atoms with E-state index in [-0.39, 0.29) is 0 Å². The van der Waals surface area contributed by atoms with Gasteiger partial charge in [0.2, 0.25) is 0 Å². The van der Waals surface area contributed by atoms with E-state index in [0.717, 1.165) is 0 Å². The molecule has 7 heteroatoms. The largest absolute Gasteiger partial charge is 0.495 e. The van der Waals surface area contributed by atoms with Crippen LogP contribution in [-0.4, -0.2) is 25.6 Å². The highest BCUT2D eigenvalue weighted by Crippen LogP contribution is 2.37. The van der Waals surface area contributed by atoms with Crippen molar-refractivity contribution in [1.82, 2.24) is 0 Å². The number of hydrogen-bond donors (Lipinski definition) is 2. The Morgan fingerprint density at radius 1 is 1.00 bits per heavy atom. The minimum absolute atomic E-state index is 0.461. The molecular weight excluding hydrogens is 298 g/mol. The monoisotopic (exact) mass is 317 g/mol. The molecule has 7 nitrogen and oxygen atoms in total. The molecule has 0 amide bonds. The molecule has 1 unspecified atom stereocenters. The third kappa shape index (κ3) is 4.33. The van der Waals surface area contributed by atoms with Crippen LogP contribution in [-0.2, 0) is 0 Å². The molecule has 0 saturated heterocycles. The number of nitrogens with two attached hydrogens (primary N) is 1. The average Bonchev–Trinajstić information content (AvgIpc) is 2.54. The van der Waals surface area contributed by atoms with Crippen LogP contribution in [0.5, 0.6) is 17.2 Å². The van der Waals surface area contributed by atoms with Gasteiger partial charge in [0.15, 0.2) is 6.29 Å². The topological polar surface area (TPSA) is 98.7 Å². The Morgan fingerprint density at radius 3 is 2.22 bits per heavy atom. The second-order valence-electron chi connectivity index (χ2n) is 4.68. The summed E-state index contributed by atoms with van der Waals surface area (Å²) in [5.41, 5.74) is 7.42. The number of rotatable bonds is 6. The summed E-state index contributed by atoms with van der Waals surface area (Å²) in [5.74, 6) is 1.55. The van der Waals surface area contributed by atoms with Crippen LogP contribution in [0, 0.1) is 0 Å². The highest BCUT2D eigenvalue weighted by atomic mass is 16.6. The van der Waals surface area contributed by atoms with E-state index in [0.29, 0.717) is 34.3 Å². The molecular formula is C16H19N3O4. The summed E-state index contributed by atoms with van der Waals surface area (Å²) in [6.45, 7) is 1.54. The van der Waals surface area contributed by atoms with E-state index in [1.165, 1.54) is 21.1 Å². The van der Waals surface area contributed by atoms with E-state index in [2.05, 4.69) is 10.2 Å². The summed E-state index contributed by atoms with van der Waals surface area (Å²) in [6.07, 6.45) is -0.867. The Morgan fingerprint density at radius 2 is 1.65 bits per heavy atom. The van der Waals surface area contributed by atoms with Gasteiger partial charge >= 0.3 is 0 Å². The van der Waals surface area contributed by atoms with Gasteiger partial charge in [-0.15, -0.1) is 5.11 Å². The molecule has 0 bridgehead atoms. The molecule has 2 aromatic rings. The predicted molar refractivity (Wildman–Crippen MR) is 86.9 cm³/mol. The number of benzene rings is 2. The summed E-state index contributed by atoms with van der Waals surface area (Å²) in [7, 11) is 3.06. The van der Waals surface area contributed by atoms with Gasteiger partial charge in [0, 0.05) is 12.1 Å². The van der Waals surface area contributed by atoms with Crippen LogP contribution < -0.4 is 19.9 Å². The van der Waals surface area contributed by atoms with Crippen molar-refractivity contribution in [3.8, 4) is 17.2 Å². The molecule has 122 valence electrons. The molecule has 2 rings (SSSR count). The Hall–Kier alpha value is -2.80. The van der Waals surface area contributed by atoms with Crippen molar-refractivity contribution in [3.05, 3.63) is 36.4 Å². The first-order chi connectivity index (χ1) is 11.0. The maximum Gasteiger partial charge on any atom is 0.194 e. The van der Waals surface area contributed by atoms with Crippen molar-refractivity contribution in [2.24, 2.45) is 10.2 Å². The summed E-state index contributed by atoms with van der Waals surface area (Å²) >= 11 is 0. The normalized spacial score (nSPS) is 12.2. The van der Waals surface area contributed by atoms with Gasteiger partial charge in [-0.05, 0) is 31.2 Å². The van der Waals surface area contributed by atoms with Gasteiger partial charge in [-0.2, -0.15) is 5.11 Å². The minimum atomic E-state index is -0.867. The molecule has 0 radical (unpaired) electrons. The predicted octanol–water partition coefficient (Wildman–Crippen LogP) is 3.42. The molecule has 0 aromatic heterocycles. The number of nitrogens with zero attached hydrogens (tertiary/aromatic N) is 2. The van der Waals surface area contributed by atoms with Gasteiger partial charge in [0.25, 0.3) is 0 Å². The minimum Gasteiger partial charge on any atom is -0.495 e. The Kier molecular flexibility index (Phi) is 5.37. The molecule has 0 aliphatic rings. The van der Waals surface area contributed by atoms with E-state index in [1.54, 1.807) is 36.4 Å². The zero-order chi connectivity index (χ0) is 16.8. The van der Waals surface area contributed by atoms with Crippen molar-refractivity contribution in [3.63, 3.8) is 0 Å². The zero-order valence-corrected chi connectivity index (χ0v) is 13.2. The van der Waals surface area contributed by atoms with E-state index in [1.807, 2.05) is 0 Å². The number of hydrogen-bond acceptors (Lipinski definition) is 7. The van der Waals surface area contributed by atoms with Gasteiger partial charge in [-0.3, -0.25) is 0 Å². The van der Waals surface area contributed by atoms with Gasteiger partial charge in [0.1, 0.15) is 22.9 Å². The molecule has 0 saturated carbocycles. The van der Waals surface area contributed by atoms with Crippen LogP contribution in [0.4, 0.5) is 17.1 Å². The highest BCUT2D eigenvalue weighted by Gasteiger charge is 2.08. The van der Waals surface area contributed by atoms with Gasteiger partial charge in [0.05, 0.1) is 25.6 Å². The molecule has 1 atom stereocenters. The van der Waals surface area contributed by atoms with Crippen LogP contribution in [0.2, 0.25) is 0 Å². The van der Waals surface area contributed by atoms with Gasteiger partial charge in [-0.25, -0.2) is 0 Å². The van der Waals surface area contributed by atoms with E-state index < -0.39 is 6.29 Å². The highest BCUT2D eigenvalue weighted by molar-refractivity contribution is 5.66. The number of nitrogen functional groups attached to an aromatic ring is 1. The fraction of sp³-hybridized carbons (Fsp3) is 0.250. The Labute approximate surface area is 134 Å². The maximum atomic E-state index is 9.16. The smallest absolute Gasteiger partial charge is 0.194 e. The molecule has 0 fully saturated rings. The second kappa shape index (κ2) is 7.46. The van der Waals surface area contributed by atoms with E-state index in [4.69, 9.17) is 25.1 Å². The lowest BCUT2D eigenvalue weighted by Gasteiger charge is -2.09. The SMILES string of the molecule is COc1cc(N=Nc2ccc(OC(C)O)cc2)c(OC)cc1N. The molecule has 23 heavy (non-hydrogen) atoms. The van der Waals surface area contributed by atoms with E-state index >= 15 is 0 Å². The lowest BCUT2D eigenvalue weighted by molar-refractivity contribution is -0.000283. The lowest BCUT2D eigenvalue weighted by Crippen LogP contribution is -2.09. The first kappa shape index (κ1) is 16.6. The van der Waals surface area contributed by atoms with Crippen molar-refractivity contribution < 1.29 is 19.3 Å². The fourth-order valence-corrected chi connectivity index (χ4v) is 1.88. The van der Waals surface area contributed by atoms with Crippen LogP contribution in [0.1, 0.15) is 6.92 Å². The third-order valence-electron chi connectivity index (χ3n) is 2.95. The Bertz CT molecular complexity index is 684. The standard InChI is InChI=1S/C16H19N3O4/c1-10(20)23-12-6-4-11(5-7-12)18-19-14-9-15(21-2)13(17)8-16(14)22-3/h4-10,20H,17H2,1-3H3. The summed E-state index contributed by atoms with van der Waals surface area (Å²) in [4.78, 5) is 0. The van der Waals surface area contributed by atoms with Crippen LogP contribution in [0.3, 0.4) is 0 Å². The molecule has 2 aromatic carbocycles. The maximum absolute atomic E-state index is 9.16. The molecule has 0 spiro atoms. The summed E-state index contributed by atoms with van der Waals surface area (Å²) in [5, 5.41) is 17.5. The number of ether oxygens (including phenoxy) is 3. The number of aliphatic hydroxyl groups excluding tert-OH is 1. The number of methoxy groups -OCH3 is 2. The number of azo groups is 1. The fourth-order valence-electron chi connectivity index (χ4n) is 1.88. The molecule has 0 aliphatic carbocycles. The molecule has 0 aliphatic heterocycles. The van der Waals surface area contributed by atoms with Crippen LogP contribution in [0.25, 0.3) is 0 Å². The van der Waals surface area contributed by atoms with E-state index in [9.17, 15) is 0 Å². The zero-order valence-electron chi connectivity index (χ0n) is 13.2. The van der Waals surface area contributed by atoms with Crippen molar-refractivity contribution >= 4 is 17.1 Å². The van der Waals surface area contributed by atoms with Crippen molar-refractivity contribution in [2.45, 2.75) is 13.2 Å². The molecule has 0 heterocycles. The lowest BCUT2D eigenvalue weighted by atomic mass is 10.2. The first-order valence-corrected chi connectivity index (χ1v) is 6.91. The summed E-state index contributed by atoms with van der Waals surface area (Å²) in [6, 6.07) is 10.1. The summed E-state index contributed by atoms with van der Waals surface area (Å²) < 4.78 is 15.6. The van der Waals surface area contributed by atoms with Gasteiger partial charge < -0.3 is 25.1 Å². The molecule has 3 N–H and O–H groups in total. The number of aliphatic hydroxyl groups is 1. The second-order valence-corrected chi connectivity index (χ2v) is 4.68. The van der Waals surface area contributed by atoms with Gasteiger partial charge in [-0.1, -0.05) is 0 Å². The van der Waals surface area contributed by atoms with Crippen molar-refractivity contribution in [2.75, 3.05) is 20.0 Å². The first-order valence-electron chi connectivity index (χ1n) is 6.91. The average molecular weight is 317 g/mol. The quantitative estimate of drug-likeness (QED) is 0.483.